The summed E-state index contributed by atoms with van der Waals surface area (Å²) in [5, 5.41) is 0.584. The Hall–Kier alpha value is -1.34. The first-order valence-electron chi connectivity index (χ1n) is 5.00. The molecule has 0 atom stereocenters. The van der Waals surface area contributed by atoms with E-state index in [-0.39, 0.29) is 0 Å². The average molecular weight is 236 g/mol. The summed E-state index contributed by atoms with van der Waals surface area (Å²) in [5.74, 6) is 0. The largest absolute Gasteiger partial charge is 0.257 e. The van der Waals surface area contributed by atoms with Crippen molar-refractivity contribution in [2.45, 2.75) is 20.8 Å². The van der Waals surface area contributed by atoms with Gasteiger partial charge in [-0.25, -0.2) is 0 Å². The predicted octanol–water partition coefficient (Wildman–Crippen LogP) is 4.79. The topological polar surface area (TPSA) is 12.4 Å². The molecule has 0 spiro atoms. The zero-order valence-corrected chi connectivity index (χ0v) is 10.9. The molecule has 0 aliphatic rings. The lowest BCUT2D eigenvalue weighted by molar-refractivity contribution is 1.29. The zero-order valence-electron chi connectivity index (χ0n) is 10.2. The van der Waals surface area contributed by atoms with Gasteiger partial charge in [0.05, 0.1) is 5.70 Å². The molecule has 1 nitrogen and oxygen atoms in total. The number of nitrogens with zero attached hydrogens (tertiary/aromatic N) is 1. The van der Waals surface area contributed by atoms with Crippen molar-refractivity contribution in [2.24, 2.45) is 4.99 Å². The Bertz CT molecular complexity index is 381. The number of halogens is 1. The van der Waals surface area contributed by atoms with Crippen molar-refractivity contribution >= 4 is 17.3 Å². The minimum atomic E-state index is 0.584. The van der Waals surface area contributed by atoms with Crippen molar-refractivity contribution in [3.05, 3.63) is 59.8 Å². The maximum atomic E-state index is 6.04. The molecule has 0 rings (SSSR count). The molecule has 0 saturated heterocycles. The molecule has 0 aliphatic heterocycles. The normalized spacial score (nSPS) is 10.4. The number of aliphatic imine (C=N–C) groups is 1. The molecule has 0 aromatic carbocycles. The van der Waals surface area contributed by atoms with Crippen molar-refractivity contribution in [3.63, 3.8) is 0 Å². The maximum absolute atomic E-state index is 6.04. The quantitative estimate of drug-likeness (QED) is 0.480. The highest BCUT2D eigenvalue weighted by molar-refractivity contribution is 6.32. The van der Waals surface area contributed by atoms with Crippen LogP contribution in [-0.2, 0) is 0 Å². The SMILES string of the molecule is C=CC(C=C)=C(N=C(C)C)C(=C)/C(Cl)=C\C. The summed E-state index contributed by atoms with van der Waals surface area (Å²) < 4.78 is 0. The van der Waals surface area contributed by atoms with Gasteiger partial charge in [0, 0.05) is 16.3 Å². The van der Waals surface area contributed by atoms with Crippen molar-refractivity contribution < 1.29 is 0 Å². The van der Waals surface area contributed by atoms with Crippen LogP contribution in [-0.4, -0.2) is 5.71 Å². The molecule has 86 valence electrons. The molecule has 0 amide bonds. The van der Waals surface area contributed by atoms with E-state index in [1.165, 1.54) is 0 Å². The third-order valence-electron chi connectivity index (χ3n) is 1.88. The van der Waals surface area contributed by atoms with Crippen LogP contribution >= 0.6 is 11.6 Å². The van der Waals surface area contributed by atoms with Gasteiger partial charge in [-0.2, -0.15) is 0 Å². The third kappa shape index (κ3) is 4.03. The summed E-state index contributed by atoms with van der Waals surface area (Å²) in [6.07, 6.45) is 5.17. The highest BCUT2D eigenvalue weighted by Gasteiger charge is 2.08. The molecule has 0 saturated carbocycles. The van der Waals surface area contributed by atoms with Gasteiger partial charge in [0.15, 0.2) is 0 Å². The van der Waals surface area contributed by atoms with Crippen LogP contribution in [0.5, 0.6) is 0 Å². The van der Waals surface area contributed by atoms with E-state index < -0.39 is 0 Å². The molecular formula is C14H18ClN. The van der Waals surface area contributed by atoms with Crippen molar-refractivity contribution in [2.75, 3.05) is 0 Å². The minimum Gasteiger partial charge on any atom is -0.257 e. The summed E-state index contributed by atoms with van der Waals surface area (Å²) in [7, 11) is 0. The van der Waals surface area contributed by atoms with Crippen molar-refractivity contribution in [3.8, 4) is 0 Å². The van der Waals surface area contributed by atoms with E-state index in [2.05, 4.69) is 24.7 Å². The minimum absolute atomic E-state index is 0.584. The second kappa shape index (κ2) is 7.02. The van der Waals surface area contributed by atoms with Crippen LogP contribution in [0, 0.1) is 0 Å². The molecule has 0 unspecified atom stereocenters. The highest BCUT2D eigenvalue weighted by atomic mass is 35.5. The van der Waals surface area contributed by atoms with Crippen LogP contribution in [0.1, 0.15) is 20.8 Å². The van der Waals surface area contributed by atoms with Gasteiger partial charge in [-0.15, -0.1) is 0 Å². The van der Waals surface area contributed by atoms with Crippen LogP contribution in [0.2, 0.25) is 0 Å². The fourth-order valence-electron chi connectivity index (χ4n) is 1.09. The Morgan fingerprint density at radius 1 is 1.19 bits per heavy atom. The molecule has 0 aromatic rings. The van der Waals surface area contributed by atoms with E-state index in [1.807, 2.05) is 20.8 Å². The summed E-state index contributed by atoms with van der Waals surface area (Å²) >= 11 is 6.04. The van der Waals surface area contributed by atoms with Gasteiger partial charge in [-0.3, -0.25) is 4.99 Å². The van der Waals surface area contributed by atoms with E-state index >= 15 is 0 Å². The van der Waals surface area contributed by atoms with E-state index in [1.54, 1.807) is 18.2 Å². The second-order valence-electron chi connectivity index (χ2n) is 3.39. The standard InChI is InChI=1S/C14H18ClN/c1-7-12(8-2)14(16-10(4)5)11(6)13(15)9-3/h7-9H,1-2,6H2,3-5H3/b13-9+. The molecule has 2 heteroatoms. The van der Waals surface area contributed by atoms with Gasteiger partial charge in [0.25, 0.3) is 0 Å². The summed E-state index contributed by atoms with van der Waals surface area (Å²) in [6.45, 7) is 17.1. The fraction of sp³-hybridized carbons (Fsp3) is 0.214. The lowest BCUT2D eigenvalue weighted by Crippen LogP contribution is -1.93. The van der Waals surface area contributed by atoms with E-state index in [0.29, 0.717) is 16.3 Å². The van der Waals surface area contributed by atoms with E-state index in [9.17, 15) is 0 Å². The molecule has 0 fully saturated rings. The fourth-order valence-corrected chi connectivity index (χ4v) is 1.18. The van der Waals surface area contributed by atoms with Gasteiger partial charge in [-0.1, -0.05) is 49.6 Å². The molecule has 0 radical (unpaired) electrons. The van der Waals surface area contributed by atoms with Crippen LogP contribution in [0.4, 0.5) is 0 Å². The van der Waals surface area contributed by atoms with Gasteiger partial charge in [0.2, 0.25) is 0 Å². The van der Waals surface area contributed by atoms with Crippen molar-refractivity contribution in [1.82, 2.24) is 0 Å². The van der Waals surface area contributed by atoms with E-state index in [4.69, 9.17) is 11.6 Å². The average Bonchev–Trinajstić information content (AvgIpc) is 2.26. The number of allylic oxidation sites excluding steroid dienone is 5. The van der Waals surface area contributed by atoms with Gasteiger partial charge in [0.1, 0.15) is 0 Å². The maximum Gasteiger partial charge on any atom is 0.0781 e. The Balaban J connectivity index is 5.70. The van der Waals surface area contributed by atoms with Crippen LogP contribution in [0.3, 0.4) is 0 Å². The van der Waals surface area contributed by atoms with E-state index in [0.717, 1.165) is 11.3 Å². The summed E-state index contributed by atoms with van der Waals surface area (Å²) in [6, 6.07) is 0. The molecule has 0 N–H and O–H groups in total. The summed E-state index contributed by atoms with van der Waals surface area (Å²) in [5.41, 5.74) is 3.15. The van der Waals surface area contributed by atoms with Crippen molar-refractivity contribution in [1.29, 1.82) is 0 Å². The first kappa shape index (κ1) is 14.7. The van der Waals surface area contributed by atoms with Crippen LogP contribution in [0.15, 0.2) is 64.8 Å². The molecular weight excluding hydrogens is 218 g/mol. The zero-order chi connectivity index (χ0) is 12.7. The Kier molecular flexibility index (Phi) is 6.43. The molecule has 0 heterocycles. The molecule has 0 bridgehead atoms. The Labute approximate surface area is 103 Å². The molecule has 0 aliphatic carbocycles. The summed E-state index contributed by atoms with van der Waals surface area (Å²) in [4.78, 5) is 4.42. The Morgan fingerprint density at radius 2 is 1.69 bits per heavy atom. The van der Waals surface area contributed by atoms with Crippen LogP contribution < -0.4 is 0 Å². The second-order valence-corrected chi connectivity index (χ2v) is 3.79. The van der Waals surface area contributed by atoms with Gasteiger partial charge >= 0.3 is 0 Å². The number of rotatable bonds is 5. The first-order chi connectivity index (χ1) is 7.47. The number of hydrogen-bond acceptors (Lipinski definition) is 1. The third-order valence-corrected chi connectivity index (χ3v) is 2.32. The molecule has 0 aromatic heterocycles. The lowest BCUT2D eigenvalue weighted by Gasteiger charge is -2.09. The Morgan fingerprint density at radius 3 is 2.00 bits per heavy atom. The lowest BCUT2D eigenvalue weighted by atomic mass is 10.1. The monoisotopic (exact) mass is 235 g/mol. The first-order valence-corrected chi connectivity index (χ1v) is 5.38. The van der Waals surface area contributed by atoms with Crippen LogP contribution in [0.25, 0.3) is 0 Å². The predicted molar refractivity (Wildman–Crippen MR) is 75.0 cm³/mol. The number of hydrogen-bond donors (Lipinski definition) is 0. The van der Waals surface area contributed by atoms with Gasteiger partial charge in [-0.05, 0) is 26.3 Å². The molecule has 16 heavy (non-hydrogen) atoms. The smallest absolute Gasteiger partial charge is 0.0781 e. The van der Waals surface area contributed by atoms with Gasteiger partial charge < -0.3 is 0 Å². The highest BCUT2D eigenvalue weighted by Crippen LogP contribution is 2.25.